The molecule has 6 heteroatoms. The summed E-state index contributed by atoms with van der Waals surface area (Å²) < 4.78 is 25.6. The van der Waals surface area contributed by atoms with E-state index >= 15 is 0 Å². The SMILES string of the molecule is Cl.O=C(C1CNC1)N1CCC(F)(F)CC1. The van der Waals surface area contributed by atoms with E-state index in [1.54, 1.807) is 4.90 Å². The zero-order chi connectivity index (χ0) is 10.2. The first kappa shape index (κ1) is 12.6. The Morgan fingerprint density at radius 1 is 1.27 bits per heavy atom. The number of carbonyl (C=O) groups excluding carboxylic acids is 1. The topological polar surface area (TPSA) is 32.3 Å². The number of amides is 1. The first-order valence-corrected chi connectivity index (χ1v) is 4.96. The molecule has 0 aromatic rings. The lowest BCUT2D eigenvalue weighted by Crippen LogP contribution is -2.54. The van der Waals surface area contributed by atoms with Crippen LogP contribution in [-0.2, 0) is 4.79 Å². The van der Waals surface area contributed by atoms with Gasteiger partial charge in [-0.05, 0) is 0 Å². The largest absolute Gasteiger partial charge is 0.342 e. The Morgan fingerprint density at radius 3 is 2.20 bits per heavy atom. The van der Waals surface area contributed by atoms with Gasteiger partial charge < -0.3 is 10.2 Å². The maximum atomic E-state index is 12.8. The highest BCUT2D eigenvalue weighted by molar-refractivity contribution is 5.85. The van der Waals surface area contributed by atoms with E-state index in [9.17, 15) is 13.6 Å². The molecule has 0 spiro atoms. The van der Waals surface area contributed by atoms with Gasteiger partial charge in [0.2, 0.25) is 5.91 Å². The van der Waals surface area contributed by atoms with E-state index in [2.05, 4.69) is 5.32 Å². The number of piperidine rings is 1. The molecule has 0 aromatic carbocycles. The fraction of sp³-hybridized carbons (Fsp3) is 0.889. The second-order valence-electron chi connectivity index (χ2n) is 4.04. The van der Waals surface area contributed by atoms with Crippen LogP contribution in [0.3, 0.4) is 0 Å². The highest BCUT2D eigenvalue weighted by atomic mass is 35.5. The molecule has 2 fully saturated rings. The third kappa shape index (κ3) is 2.78. The second kappa shape index (κ2) is 4.61. The monoisotopic (exact) mass is 240 g/mol. The molecule has 2 saturated heterocycles. The summed E-state index contributed by atoms with van der Waals surface area (Å²) in [5.74, 6) is -2.49. The Balaban J connectivity index is 0.00000112. The maximum Gasteiger partial charge on any atom is 0.251 e. The van der Waals surface area contributed by atoms with Gasteiger partial charge in [0.05, 0.1) is 5.92 Å². The molecule has 88 valence electrons. The van der Waals surface area contributed by atoms with E-state index in [1.165, 1.54) is 0 Å². The van der Waals surface area contributed by atoms with Gasteiger partial charge in [0.15, 0.2) is 0 Å². The predicted molar refractivity (Wildman–Crippen MR) is 54.4 cm³/mol. The molecule has 0 unspecified atom stereocenters. The number of hydrogen-bond donors (Lipinski definition) is 1. The van der Waals surface area contributed by atoms with Crippen LogP contribution < -0.4 is 5.32 Å². The number of halogens is 3. The van der Waals surface area contributed by atoms with Crippen LogP contribution >= 0.6 is 12.4 Å². The van der Waals surface area contributed by atoms with Crippen molar-refractivity contribution in [2.75, 3.05) is 26.2 Å². The summed E-state index contributed by atoms with van der Waals surface area (Å²) >= 11 is 0. The zero-order valence-corrected chi connectivity index (χ0v) is 9.16. The van der Waals surface area contributed by atoms with Gasteiger partial charge >= 0.3 is 0 Å². The lowest BCUT2D eigenvalue weighted by atomic mass is 9.99. The molecule has 0 radical (unpaired) electrons. The molecule has 15 heavy (non-hydrogen) atoms. The first-order valence-electron chi connectivity index (χ1n) is 4.96. The van der Waals surface area contributed by atoms with E-state index in [0.717, 1.165) is 0 Å². The molecule has 0 bridgehead atoms. The van der Waals surface area contributed by atoms with Crippen LogP contribution in [0.1, 0.15) is 12.8 Å². The molecule has 2 rings (SSSR count). The third-order valence-electron chi connectivity index (χ3n) is 2.94. The minimum atomic E-state index is -2.56. The average molecular weight is 241 g/mol. The second-order valence-corrected chi connectivity index (χ2v) is 4.04. The van der Waals surface area contributed by atoms with Crippen molar-refractivity contribution < 1.29 is 13.6 Å². The zero-order valence-electron chi connectivity index (χ0n) is 8.34. The van der Waals surface area contributed by atoms with Gasteiger partial charge in [-0.25, -0.2) is 8.78 Å². The number of hydrogen-bond acceptors (Lipinski definition) is 2. The van der Waals surface area contributed by atoms with Crippen LogP contribution in [0.15, 0.2) is 0 Å². The van der Waals surface area contributed by atoms with Crippen LogP contribution in [-0.4, -0.2) is 42.9 Å². The number of nitrogens with one attached hydrogen (secondary N) is 1. The number of alkyl halides is 2. The molecule has 1 N–H and O–H groups in total. The Bertz CT molecular complexity index is 236. The van der Waals surface area contributed by atoms with Crippen LogP contribution in [0.25, 0.3) is 0 Å². The normalized spacial score (nSPS) is 25.3. The van der Waals surface area contributed by atoms with Crippen LogP contribution in [0.4, 0.5) is 8.78 Å². The average Bonchev–Trinajstić information content (AvgIpc) is 2.00. The predicted octanol–water partition coefficient (Wildman–Crippen LogP) is 0.885. The number of rotatable bonds is 1. The number of carbonyl (C=O) groups is 1. The molecule has 2 aliphatic heterocycles. The van der Waals surface area contributed by atoms with Crippen molar-refractivity contribution in [2.45, 2.75) is 18.8 Å². The van der Waals surface area contributed by atoms with Crippen molar-refractivity contribution in [3.63, 3.8) is 0 Å². The minimum Gasteiger partial charge on any atom is -0.342 e. The standard InChI is InChI=1S/C9H14F2N2O.ClH/c10-9(11)1-3-13(4-2-9)8(14)7-5-12-6-7;/h7,12H,1-6H2;1H. The first-order chi connectivity index (χ1) is 6.58. The van der Waals surface area contributed by atoms with Crippen molar-refractivity contribution in [1.82, 2.24) is 10.2 Å². The lowest BCUT2D eigenvalue weighted by molar-refractivity contribution is -0.143. The van der Waals surface area contributed by atoms with E-state index in [4.69, 9.17) is 0 Å². The van der Waals surface area contributed by atoms with Crippen LogP contribution in [0.2, 0.25) is 0 Å². The summed E-state index contributed by atoms with van der Waals surface area (Å²) in [6.45, 7) is 1.82. The molecule has 1 amide bonds. The van der Waals surface area contributed by atoms with Gasteiger partial charge in [0, 0.05) is 39.0 Å². The van der Waals surface area contributed by atoms with Crippen molar-refractivity contribution >= 4 is 18.3 Å². The van der Waals surface area contributed by atoms with E-state index < -0.39 is 5.92 Å². The highest BCUT2D eigenvalue weighted by Gasteiger charge is 2.38. The van der Waals surface area contributed by atoms with Crippen molar-refractivity contribution in [3.05, 3.63) is 0 Å². The lowest BCUT2D eigenvalue weighted by Gasteiger charge is -2.36. The molecule has 0 atom stereocenters. The quantitative estimate of drug-likeness (QED) is 0.738. The Morgan fingerprint density at radius 2 is 1.80 bits per heavy atom. The minimum absolute atomic E-state index is 0. The smallest absolute Gasteiger partial charge is 0.251 e. The third-order valence-corrected chi connectivity index (χ3v) is 2.94. The molecule has 0 aliphatic carbocycles. The molecule has 0 aromatic heterocycles. The van der Waals surface area contributed by atoms with Crippen LogP contribution in [0.5, 0.6) is 0 Å². The van der Waals surface area contributed by atoms with Gasteiger partial charge in [-0.2, -0.15) is 0 Å². The fourth-order valence-electron chi connectivity index (χ4n) is 1.78. The van der Waals surface area contributed by atoms with Crippen LogP contribution in [0, 0.1) is 5.92 Å². The van der Waals surface area contributed by atoms with E-state index in [-0.39, 0.29) is 50.2 Å². The molecule has 3 nitrogen and oxygen atoms in total. The summed E-state index contributed by atoms with van der Waals surface area (Å²) in [4.78, 5) is 13.2. The van der Waals surface area contributed by atoms with Crippen molar-refractivity contribution in [1.29, 1.82) is 0 Å². The number of likely N-dealkylation sites (tertiary alicyclic amines) is 1. The maximum absolute atomic E-state index is 12.8. The molecular formula is C9H15ClF2N2O. The Kier molecular flexibility index (Phi) is 3.89. The van der Waals surface area contributed by atoms with E-state index in [1.807, 2.05) is 0 Å². The number of nitrogens with zero attached hydrogens (tertiary/aromatic N) is 1. The van der Waals surface area contributed by atoms with Gasteiger partial charge in [0.1, 0.15) is 0 Å². The Hall–Kier alpha value is -0.420. The van der Waals surface area contributed by atoms with E-state index in [0.29, 0.717) is 13.1 Å². The molecule has 2 aliphatic rings. The summed E-state index contributed by atoms with van der Waals surface area (Å²) in [5.41, 5.74) is 0. The summed E-state index contributed by atoms with van der Waals surface area (Å²) in [7, 11) is 0. The molecule has 2 heterocycles. The summed E-state index contributed by atoms with van der Waals surface area (Å²) in [6, 6.07) is 0. The van der Waals surface area contributed by atoms with Gasteiger partial charge in [-0.1, -0.05) is 0 Å². The molecule has 0 saturated carbocycles. The summed E-state index contributed by atoms with van der Waals surface area (Å²) in [6.07, 6.45) is -0.363. The highest BCUT2D eigenvalue weighted by Crippen LogP contribution is 2.28. The molecular weight excluding hydrogens is 226 g/mol. The van der Waals surface area contributed by atoms with Crippen molar-refractivity contribution in [2.24, 2.45) is 5.92 Å². The van der Waals surface area contributed by atoms with Gasteiger partial charge in [-0.15, -0.1) is 12.4 Å². The van der Waals surface area contributed by atoms with Gasteiger partial charge in [-0.3, -0.25) is 4.79 Å². The Labute approximate surface area is 93.6 Å². The summed E-state index contributed by atoms with van der Waals surface area (Å²) in [5, 5.41) is 3.00. The van der Waals surface area contributed by atoms with Crippen molar-refractivity contribution in [3.8, 4) is 0 Å². The fourth-order valence-corrected chi connectivity index (χ4v) is 1.78. The van der Waals surface area contributed by atoms with Gasteiger partial charge in [0.25, 0.3) is 5.92 Å².